The van der Waals surface area contributed by atoms with E-state index in [0.29, 0.717) is 5.69 Å². The Labute approximate surface area is 211 Å². The normalized spacial score (nSPS) is 36.0. The molecule has 10 N–H and O–H groups in total. The molecule has 1 aromatic carbocycles. The Morgan fingerprint density at radius 1 is 0.811 bits per heavy atom. The second-order valence-electron chi connectivity index (χ2n) is 8.82. The van der Waals surface area contributed by atoms with E-state index in [2.05, 4.69) is 16.0 Å². The molecule has 2 amide bonds. The van der Waals surface area contributed by atoms with Gasteiger partial charge in [-0.1, -0.05) is 0 Å². The summed E-state index contributed by atoms with van der Waals surface area (Å²) in [5.41, 5.74) is 0.840. The van der Waals surface area contributed by atoms with Crippen LogP contribution in [-0.2, 0) is 23.8 Å². The van der Waals surface area contributed by atoms with Gasteiger partial charge in [-0.05, 0) is 18.2 Å². The van der Waals surface area contributed by atoms with Crippen LogP contribution in [0.15, 0.2) is 18.2 Å². The predicted octanol–water partition coefficient (Wildman–Crippen LogP) is -3.36. The predicted molar refractivity (Wildman–Crippen MR) is 125 cm³/mol. The van der Waals surface area contributed by atoms with E-state index < -0.39 is 80.5 Å². The highest BCUT2D eigenvalue weighted by molar-refractivity contribution is 5.95. The van der Waals surface area contributed by atoms with Crippen molar-refractivity contribution in [3.8, 4) is 0 Å². The van der Waals surface area contributed by atoms with Crippen LogP contribution < -0.4 is 16.0 Å². The van der Waals surface area contributed by atoms with E-state index in [1.165, 1.54) is 32.0 Å². The van der Waals surface area contributed by atoms with Crippen LogP contribution in [0.4, 0.5) is 17.1 Å². The lowest BCUT2D eigenvalue weighted by Gasteiger charge is -2.46. The highest BCUT2D eigenvalue weighted by atomic mass is 16.7. The van der Waals surface area contributed by atoms with E-state index in [1.807, 2.05) is 0 Å². The molecular weight excluding hydrogens is 498 g/mol. The minimum atomic E-state index is -1.78. The van der Waals surface area contributed by atoms with Crippen LogP contribution >= 0.6 is 0 Å². The lowest BCUT2D eigenvalue weighted by Crippen LogP contribution is -2.65. The molecule has 0 saturated carbocycles. The molecule has 0 aromatic heterocycles. The maximum absolute atomic E-state index is 11.6. The van der Waals surface area contributed by atoms with Crippen molar-refractivity contribution in [2.24, 2.45) is 0 Å². The van der Waals surface area contributed by atoms with Crippen molar-refractivity contribution in [2.75, 3.05) is 29.2 Å². The van der Waals surface area contributed by atoms with Crippen molar-refractivity contribution < 1.29 is 59.5 Å². The number of hydrogen-bond donors (Lipinski definition) is 10. The molecule has 0 unspecified atom stereocenters. The molecule has 2 aliphatic rings. The van der Waals surface area contributed by atoms with E-state index in [1.54, 1.807) is 0 Å². The van der Waals surface area contributed by atoms with Crippen molar-refractivity contribution in [2.45, 2.75) is 75.2 Å². The summed E-state index contributed by atoms with van der Waals surface area (Å²) in [4.78, 5) is 23.1. The summed E-state index contributed by atoms with van der Waals surface area (Å²) in [6.07, 6.45) is -15.6. The molecule has 1 aromatic rings. The minimum absolute atomic E-state index is 0.211. The van der Waals surface area contributed by atoms with Gasteiger partial charge in [-0.2, -0.15) is 0 Å². The number of hydrogen-bond acceptors (Lipinski definition) is 13. The van der Waals surface area contributed by atoms with Gasteiger partial charge in [-0.25, -0.2) is 0 Å². The molecule has 2 fully saturated rings. The molecule has 2 aliphatic heterocycles. The molecule has 10 atom stereocenters. The van der Waals surface area contributed by atoms with E-state index in [-0.39, 0.29) is 17.3 Å². The minimum Gasteiger partial charge on any atom is -0.394 e. The number of anilines is 3. The zero-order valence-electron chi connectivity index (χ0n) is 20.1. The lowest BCUT2D eigenvalue weighted by molar-refractivity contribution is -0.340. The van der Waals surface area contributed by atoms with Gasteiger partial charge in [-0.15, -0.1) is 0 Å². The summed E-state index contributed by atoms with van der Waals surface area (Å²) in [6.45, 7) is 1.17. The smallest absolute Gasteiger partial charge is 0.221 e. The highest BCUT2D eigenvalue weighted by Crippen LogP contribution is 2.32. The third-order valence-electron chi connectivity index (χ3n) is 5.95. The van der Waals surface area contributed by atoms with Crippen LogP contribution in [0.3, 0.4) is 0 Å². The topological polar surface area (TPSA) is 240 Å². The Bertz CT molecular complexity index is 947. The largest absolute Gasteiger partial charge is 0.394 e. The summed E-state index contributed by atoms with van der Waals surface area (Å²) in [7, 11) is 0. The second kappa shape index (κ2) is 12.4. The summed E-state index contributed by atoms with van der Waals surface area (Å²) in [6, 6.07) is 4.49. The summed E-state index contributed by atoms with van der Waals surface area (Å²) in [5, 5.41) is 78.9. The Morgan fingerprint density at radius 2 is 1.46 bits per heavy atom. The molecule has 37 heavy (non-hydrogen) atoms. The average Bonchev–Trinajstić information content (AvgIpc) is 2.84. The number of carbonyl (C=O) groups is 2. The van der Waals surface area contributed by atoms with Crippen LogP contribution in [0.2, 0.25) is 0 Å². The molecule has 0 radical (unpaired) electrons. The quantitative estimate of drug-likeness (QED) is 0.158. The van der Waals surface area contributed by atoms with Gasteiger partial charge in [-0.3, -0.25) is 9.59 Å². The first-order valence-corrected chi connectivity index (χ1v) is 11.5. The molecule has 15 nitrogen and oxygen atoms in total. The number of aliphatic hydroxyl groups excluding tert-OH is 7. The van der Waals surface area contributed by atoms with E-state index in [9.17, 15) is 45.3 Å². The van der Waals surface area contributed by atoms with Crippen LogP contribution in [-0.4, -0.2) is 122 Å². The number of nitrogens with one attached hydrogen (secondary N) is 3. The summed E-state index contributed by atoms with van der Waals surface area (Å²) >= 11 is 0. The second-order valence-corrected chi connectivity index (χ2v) is 8.82. The Morgan fingerprint density at radius 3 is 2.05 bits per heavy atom. The molecule has 15 heteroatoms. The molecule has 2 saturated heterocycles. The standard InChI is InChI=1S/C22H33N3O12/c1-8(28)23-10-3-4-11(24-9(2)29)12(5-10)25-21-18(33)17(32)20(14(7-27)35-21)37-22-19(34)16(31)15(30)13(6-26)36-22/h3-5,13-22,25-27,30-34H,6-7H2,1-2H3,(H,23,28)(H,24,29)/t13-,14+,15+,16+,17-,18-,19-,20+,21-,22-/m0/s1. The molecular formula is C22H33N3O12. The van der Waals surface area contributed by atoms with Gasteiger partial charge in [0, 0.05) is 19.5 Å². The fourth-order valence-electron chi connectivity index (χ4n) is 4.11. The molecule has 0 bridgehead atoms. The van der Waals surface area contributed by atoms with Gasteiger partial charge < -0.3 is 65.9 Å². The molecule has 0 spiro atoms. The Hall–Kier alpha value is -2.44. The maximum atomic E-state index is 11.6. The maximum Gasteiger partial charge on any atom is 0.221 e. The van der Waals surface area contributed by atoms with Crippen LogP contribution in [0, 0.1) is 0 Å². The number of rotatable bonds is 8. The SMILES string of the molecule is CC(=O)Nc1ccc(NC(C)=O)c(N[C@H]2O[C@H](CO)[C@@H](O[C@@H]3O[C@@H](CO)[C@@H](O)[C@@H](O)[C@@H]3O)[C@@H](O)[C@@H]2O)c1. The lowest BCUT2D eigenvalue weighted by atomic mass is 9.96. The Kier molecular flexibility index (Phi) is 9.76. The van der Waals surface area contributed by atoms with Gasteiger partial charge in [0.25, 0.3) is 0 Å². The molecule has 3 rings (SSSR count). The third-order valence-corrected chi connectivity index (χ3v) is 5.95. The monoisotopic (exact) mass is 531 g/mol. The highest BCUT2D eigenvalue weighted by Gasteiger charge is 2.50. The fourth-order valence-corrected chi connectivity index (χ4v) is 4.11. The first-order chi connectivity index (χ1) is 17.5. The summed E-state index contributed by atoms with van der Waals surface area (Å²) in [5.74, 6) is -0.752. The van der Waals surface area contributed by atoms with Gasteiger partial charge in [0.1, 0.15) is 48.8 Å². The zero-order chi connectivity index (χ0) is 27.4. The Balaban J connectivity index is 1.80. The number of aliphatic hydroxyl groups is 7. The van der Waals surface area contributed by atoms with Crippen LogP contribution in [0.1, 0.15) is 13.8 Å². The van der Waals surface area contributed by atoms with Crippen molar-refractivity contribution in [3.63, 3.8) is 0 Å². The van der Waals surface area contributed by atoms with Crippen molar-refractivity contribution in [1.29, 1.82) is 0 Å². The number of carbonyl (C=O) groups excluding carboxylic acids is 2. The van der Waals surface area contributed by atoms with Gasteiger partial charge in [0.2, 0.25) is 11.8 Å². The first-order valence-electron chi connectivity index (χ1n) is 11.5. The first kappa shape index (κ1) is 29.1. The van der Waals surface area contributed by atoms with E-state index in [0.717, 1.165) is 0 Å². The number of amides is 2. The third kappa shape index (κ3) is 6.71. The van der Waals surface area contributed by atoms with E-state index in [4.69, 9.17) is 14.2 Å². The van der Waals surface area contributed by atoms with Crippen molar-refractivity contribution in [1.82, 2.24) is 0 Å². The van der Waals surface area contributed by atoms with Crippen LogP contribution in [0.25, 0.3) is 0 Å². The van der Waals surface area contributed by atoms with E-state index >= 15 is 0 Å². The van der Waals surface area contributed by atoms with Crippen molar-refractivity contribution in [3.05, 3.63) is 18.2 Å². The average molecular weight is 532 g/mol. The summed E-state index contributed by atoms with van der Waals surface area (Å²) < 4.78 is 16.5. The molecule has 208 valence electrons. The van der Waals surface area contributed by atoms with Gasteiger partial charge in [0.15, 0.2) is 12.5 Å². The zero-order valence-corrected chi connectivity index (χ0v) is 20.1. The fraction of sp³-hybridized carbons (Fsp3) is 0.636. The molecule has 0 aliphatic carbocycles. The molecule has 2 heterocycles. The van der Waals surface area contributed by atoms with Crippen molar-refractivity contribution >= 4 is 28.9 Å². The number of ether oxygens (including phenoxy) is 3. The van der Waals surface area contributed by atoms with Crippen LogP contribution in [0.5, 0.6) is 0 Å². The number of benzene rings is 1. The van der Waals surface area contributed by atoms with Gasteiger partial charge in [0.05, 0.1) is 24.6 Å². The van der Waals surface area contributed by atoms with Gasteiger partial charge >= 0.3 is 0 Å².